The Hall–Kier alpha value is -2.73. The van der Waals surface area contributed by atoms with Crippen LogP contribution in [-0.2, 0) is 11.3 Å². The maximum Gasteiger partial charge on any atom is 0.219 e. The van der Waals surface area contributed by atoms with Crippen LogP contribution in [0.1, 0.15) is 45.1 Å². The molecule has 0 atom stereocenters. The summed E-state index contributed by atoms with van der Waals surface area (Å²) in [5, 5.41) is 0. The van der Waals surface area contributed by atoms with Crippen molar-refractivity contribution >= 4 is 11.6 Å². The van der Waals surface area contributed by atoms with E-state index < -0.39 is 0 Å². The fourth-order valence-corrected chi connectivity index (χ4v) is 4.43. The number of carbonyl (C=O) groups is 1. The Morgan fingerprint density at radius 3 is 2.26 bits per heavy atom. The summed E-state index contributed by atoms with van der Waals surface area (Å²) in [7, 11) is 3.81. The van der Waals surface area contributed by atoms with Crippen molar-refractivity contribution in [3.63, 3.8) is 0 Å². The van der Waals surface area contributed by atoms with Gasteiger partial charge in [-0.25, -0.2) is 0 Å². The van der Waals surface area contributed by atoms with Gasteiger partial charge in [0.25, 0.3) is 0 Å². The first kappa shape index (κ1) is 25.9. The number of methoxy groups -OCH3 is 1. The summed E-state index contributed by atoms with van der Waals surface area (Å²) in [6.07, 6.45) is 5.07. The zero-order valence-corrected chi connectivity index (χ0v) is 21.3. The molecule has 34 heavy (non-hydrogen) atoms. The van der Waals surface area contributed by atoms with Crippen LogP contribution in [0.15, 0.2) is 48.5 Å². The third-order valence-corrected chi connectivity index (χ3v) is 6.67. The molecule has 2 aliphatic rings. The van der Waals surface area contributed by atoms with Gasteiger partial charge in [0, 0.05) is 51.4 Å². The van der Waals surface area contributed by atoms with Crippen LogP contribution in [0, 0.1) is 0 Å². The zero-order valence-electron chi connectivity index (χ0n) is 21.3. The predicted octanol–water partition coefficient (Wildman–Crippen LogP) is 4.82. The van der Waals surface area contributed by atoms with Crippen LogP contribution in [0.4, 0.5) is 5.69 Å². The van der Waals surface area contributed by atoms with Crippen molar-refractivity contribution in [1.82, 2.24) is 9.80 Å². The Bertz CT molecular complexity index is 876. The number of hydrogen-bond acceptors (Lipinski definition) is 5. The van der Waals surface area contributed by atoms with Crippen LogP contribution in [0.25, 0.3) is 0 Å². The number of nitrogens with zero attached hydrogens (tertiary/aromatic N) is 3. The molecule has 2 fully saturated rings. The van der Waals surface area contributed by atoms with Crippen molar-refractivity contribution in [2.45, 2.75) is 52.2 Å². The molecule has 6 heteroatoms. The lowest BCUT2D eigenvalue weighted by molar-refractivity contribution is -0.129. The van der Waals surface area contributed by atoms with Crippen LogP contribution in [0.2, 0.25) is 0 Å². The Kier molecular flexibility index (Phi) is 10.1. The van der Waals surface area contributed by atoms with E-state index in [4.69, 9.17) is 9.47 Å². The Balaban J connectivity index is 0.000000248. The number of rotatable bonds is 7. The summed E-state index contributed by atoms with van der Waals surface area (Å²) in [6.45, 7) is 9.23. The molecule has 186 valence electrons. The maximum atomic E-state index is 11.4. The van der Waals surface area contributed by atoms with Crippen molar-refractivity contribution < 1.29 is 14.3 Å². The van der Waals surface area contributed by atoms with Crippen molar-refractivity contribution in [3.05, 3.63) is 54.1 Å². The molecule has 2 aromatic carbocycles. The molecule has 1 saturated carbocycles. The number of ether oxygens (including phenoxy) is 2. The molecule has 1 amide bonds. The minimum Gasteiger partial charge on any atom is -0.493 e. The number of amides is 1. The highest BCUT2D eigenvalue weighted by atomic mass is 16.5. The number of piperazine rings is 1. The van der Waals surface area contributed by atoms with Gasteiger partial charge in [-0.05, 0) is 57.0 Å². The summed E-state index contributed by atoms with van der Waals surface area (Å²) in [5.74, 6) is 1.79. The third kappa shape index (κ3) is 7.66. The second kappa shape index (κ2) is 13.2. The van der Waals surface area contributed by atoms with E-state index in [2.05, 4.69) is 66.2 Å². The summed E-state index contributed by atoms with van der Waals surface area (Å²) >= 11 is 0. The number of carbonyl (C=O) groups excluding carboxylic acids is 1. The topological polar surface area (TPSA) is 45.2 Å². The molecule has 0 spiro atoms. The van der Waals surface area contributed by atoms with E-state index in [0.29, 0.717) is 6.10 Å². The first-order valence-corrected chi connectivity index (χ1v) is 12.6. The van der Waals surface area contributed by atoms with E-state index in [9.17, 15) is 4.79 Å². The molecule has 1 aliphatic carbocycles. The van der Waals surface area contributed by atoms with Gasteiger partial charge < -0.3 is 24.2 Å². The minimum atomic E-state index is 0.157. The molecular weight excluding hydrogens is 426 g/mol. The molecule has 0 radical (unpaired) electrons. The largest absolute Gasteiger partial charge is 0.493 e. The molecule has 1 heterocycles. The zero-order chi connectivity index (χ0) is 24.3. The number of anilines is 1. The predicted molar refractivity (Wildman–Crippen MR) is 139 cm³/mol. The quantitative estimate of drug-likeness (QED) is 0.584. The van der Waals surface area contributed by atoms with Gasteiger partial charge in [-0.3, -0.25) is 4.79 Å². The lowest BCUT2D eigenvalue weighted by atomic mass is 10.2. The van der Waals surface area contributed by atoms with E-state index in [0.717, 1.165) is 69.3 Å². The normalized spacial score (nSPS) is 16.3. The van der Waals surface area contributed by atoms with Gasteiger partial charge in [0.2, 0.25) is 5.91 Å². The van der Waals surface area contributed by atoms with Crippen LogP contribution >= 0.6 is 0 Å². The summed E-state index contributed by atoms with van der Waals surface area (Å²) in [6, 6.07) is 16.7. The first-order chi connectivity index (χ1) is 16.5. The molecule has 2 aromatic rings. The van der Waals surface area contributed by atoms with E-state index in [1.807, 2.05) is 11.0 Å². The lowest BCUT2D eigenvalue weighted by Crippen LogP contribution is -2.48. The molecule has 6 nitrogen and oxygen atoms in total. The Morgan fingerprint density at radius 1 is 1.00 bits per heavy atom. The SMILES string of the molecule is CCN(C)Cc1ccccc1.COc1ccc(N2CCN(C(C)=O)CC2)cc1OC1CCCC1. The van der Waals surface area contributed by atoms with Gasteiger partial charge in [-0.1, -0.05) is 37.3 Å². The molecule has 0 N–H and O–H groups in total. The second-order valence-corrected chi connectivity index (χ2v) is 9.17. The van der Waals surface area contributed by atoms with Gasteiger partial charge in [-0.15, -0.1) is 0 Å². The number of benzene rings is 2. The third-order valence-electron chi connectivity index (χ3n) is 6.67. The molecule has 1 aliphatic heterocycles. The standard InChI is InChI=1S/C18H26N2O3.C10H15N/c1-14(21)19-9-11-20(12-10-19)15-7-8-17(22-2)18(13-15)23-16-5-3-4-6-16;1-3-11(2)9-10-7-5-4-6-8-10/h7-8,13,16H,3-6,9-12H2,1-2H3;4-8H,3,9H2,1-2H3. The highest BCUT2D eigenvalue weighted by Gasteiger charge is 2.22. The molecule has 0 aromatic heterocycles. The smallest absolute Gasteiger partial charge is 0.219 e. The lowest BCUT2D eigenvalue weighted by Gasteiger charge is -2.36. The second-order valence-electron chi connectivity index (χ2n) is 9.17. The molecule has 0 unspecified atom stereocenters. The highest BCUT2D eigenvalue weighted by molar-refractivity contribution is 5.73. The molecule has 0 bridgehead atoms. The monoisotopic (exact) mass is 467 g/mol. The Labute approximate surface area is 205 Å². The molecular formula is C28H41N3O3. The maximum absolute atomic E-state index is 11.4. The van der Waals surface area contributed by atoms with Gasteiger partial charge in [0.05, 0.1) is 13.2 Å². The van der Waals surface area contributed by atoms with Crippen molar-refractivity contribution in [3.8, 4) is 11.5 Å². The fourth-order valence-electron chi connectivity index (χ4n) is 4.43. The molecule has 1 saturated heterocycles. The summed E-state index contributed by atoms with van der Waals surface area (Å²) in [5.41, 5.74) is 2.53. The molecule has 4 rings (SSSR count). The number of hydrogen-bond donors (Lipinski definition) is 0. The van der Waals surface area contributed by atoms with Crippen LogP contribution in [0.3, 0.4) is 0 Å². The van der Waals surface area contributed by atoms with Gasteiger partial charge >= 0.3 is 0 Å². The fraction of sp³-hybridized carbons (Fsp3) is 0.536. The van der Waals surface area contributed by atoms with Crippen molar-refractivity contribution in [2.75, 3.05) is 51.8 Å². The van der Waals surface area contributed by atoms with Crippen LogP contribution < -0.4 is 14.4 Å². The van der Waals surface area contributed by atoms with Gasteiger partial charge in [0.1, 0.15) is 0 Å². The summed E-state index contributed by atoms with van der Waals surface area (Å²) in [4.78, 5) is 17.9. The highest BCUT2D eigenvalue weighted by Crippen LogP contribution is 2.35. The van der Waals surface area contributed by atoms with E-state index in [1.54, 1.807) is 14.0 Å². The average Bonchev–Trinajstić information content (AvgIpc) is 3.38. The van der Waals surface area contributed by atoms with Crippen LogP contribution in [0.5, 0.6) is 11.5 Å². The average molecular weight is 468 g/mol. The van der Waals surface area contributed by atoms with Crippen molar-refractivity contribution in [2.24, 2.45) is 0 Å². The van der Waals surface area contributed by atoms with E-state index >= 15 is 0 Å². The minimum absolute atomic E-state index is 0.157. The van der Waals surface area contributed by atoms with E-state index in [-0.39, 0.29) is 5.91 Å². The Morgan fingerprint density at radius 2 is 1.68 bits per heavy atom. The van der Waals surface area contributed by atoms with Gasteiger partial charge in [0.15, 0.2) is 11.5 Å². The van der Waals surface area contributed by atoms with Gasteiger partial charge in [-0.2, -0.15) is 0 Å². The van der Waals surface area contributed by atoms with Crippen molar-refractivity contribution in [1.29, 1.82) is 0 Å². The first-order valence-electron chi connectivity index (χ1n) is 12.6. The summed E-state index contributed by atoms with van der Waals surface area (Å²) < 4.78 is 11.6. The van der Waals surface area contributed by atoms with E-state index in [1.165, 1.54) is 18.4 Å². The van der Waals surface area contributed by atoms with Crippen LogP contribution in [-0.4, -0.2) is 68.7 Å².